The number of aromatic nitrogens is 8. The number of nitrogens with zero attached hydrogens (tertiary/aromatic N) is 8. The van der Waals surface area contributed by atoms with Crippen molar-refractivity contribution in [2.45, 2.75) is 0 Å². The van der Waals surface area contributed by atoms with Crippen LogP contribution in [-0.4, -0.2) is 39.0 Å². The quantitative estimate of drug-likeness (QED) is 0.146. The van der Waals surface area contributed by atoms with Gasteiger partial charge in [-0.05, 0) is 91.0 Å². The second-order valence-corrected chi connectivity index (χ2v) is 26.7. The summed E-state index contributed by atoms with van der Waals surface area (Å²) in [4.78, 5) is 29.4. The van der Waals surface area contributed by atoms with Gasteiger partial charge in [0.1, 0.15) is 27.9 Å². The van der Waals surface area contributed by atoms with Crippen LogP contribution in [0.15, 0.2) is 329 Å². The molecular weight excluding hydrogens is 1270 g/mol. The van der Waals surface area contributed by atoms with Gasteiger partial charge in [-0.3, -0.25) is 0 Å². The minimum atomic E-state index is 0.589. The normalized spacial score (nSPS) is 11.9. The highest BCUT2D eigenvalue weighted by molar-refractivity contribution is 7.26. The molecule has 0 aliphatic carbocycles. The molecule has 0 atom stereocenters. The first-order valence-electron chi connectivity index (χ1n) is 33.9. The van der Waals surface area contributed by atoms with Crippen LogP contribution in [0, 0.1) is 0 Å². The predicted molar refractivity (Wildman–Crippen MR) is 416 cm³/mol. The molecule has 8 heterocycles. The van der Waals surface area contributed by atoms with Gasteiger partial charge in [0.05, 0.1) is 26.8 Å². The molecule has 0 saturated carbocycles. The third kappa shape index (κ3) is 9.27. The highest BCUT2D eigenvalue weighted by Gasteiger charge is 2.24. The maximum Gasteiger partial charge on any atom is 0.164 e. The number of rotatable bonds is 8. The van der Waals surface area contributed by atoms with E-state index in [9.17, 15) is 0 Å². The summed E-state index contributed by atoms with van der Waals surface area (Å²) in [7, 11) is 0. The molecule has 476 valence electrons. The number of fused-ring (bicyclic) bond motifs is 20. The van der Waals surface area contributed by atoms with E-state index in [4.69, 9.17) is 43.2 Å². The van der Waals surface area contributed by atoms with Crippen molar-refractivity contribution in [2.75, 3.05) is 0 Å². The lowest BCUT2D eigenvalue weighted by Crippen LogP contribution is -2.00. The molecule has 0 saturated heterocycles. The van der Waals surface area contributed by atoms with E-state index in [-0.39, 0.29) is 0 Å². The molecule has 0 fully saturated rings. The van der Waals surface area contributed by atoms with Crippen molar-refractivity contribution in [1.82, 2.24) is 39.0 Å². The van der Waals surface area contributed by atoms with Gasteiger partial charge in [-0.2, -0.15) is 0 Å². The van der Waals surface area contributed by atoms with Crippen LogP contribution in [0.5, 0.6) is 0 Å². The largest absolute Gasteiger partial charge is 0.456 e. The van der Waals surface area contributed by atoms with E-state index in [2.05, 4.69) is 185 Å². The van der Waals surface area contributed by atoms with Gasteiger partial charge in [0.2, 0.25) is 0 Å². The molecule has 8 aromatic heterocycles. The van der Waals surface area contributed by atoms with Gasteiger partial charge < -0.3 is 22.4 Å². The fraction of sp³-hybridized carbons (Fsp3) is 0. The van der Waals surface area contributed by atoms with Crippen molar-refractivity contribution < 1.29 is 13.3 Å². The second-order valence-electron chi connectivity index (χ2n) is 25.6. The fourth-order valence-corrected chi connectivity index (χ4v) is 16.2. The number of hydrogen-bond donors (Lipinski definition) is 0. The molecule has 0 aliphatic rings. The molecule has 0 bridgehead atoms. The van der Waals surface area contributed by atoms with Gasteiger partial charge in [-0.1, -0.05) is 224 Å². The number of benzene rings is 14. The van der Waals surface area contributed by atoms with Gasteiger partial charge in [-0.25, -0.2) is 29.9 Å². The van der Waals surface area contributed by atoms with Crippen molar-refractivity contribution in [3.8, 4) is 79.7 Å². The summed E-state index contributed by atoms with van der Waals surface area (Å²) in [5.74, 6) is 3.70. The van der Waals surface area contributed by atoms with Gasteiger partial charge in [0, 0.05) is 114 Å². The fourth-order valence-electron chi connectivity index (χ4n) is 15.0. The van der Waals surface area contributed by atoms with E-state index < -0.39 is 0 Å². The van der Waals surface area contributed by atoms with E-state index >= 15 is 0 Å². The summed E-state index contributed by atoms with van der Waals surface area (Å²) < 4.78 is 26.9. The minimum absolute atomic E-state index is 0.589. The average molecular weight is 1330 g/mol. The molecule has 0 spiro atoms. The SMILES string of the molecule is c1ccc(-c2nc(-c3ccccc3)nc(-c3ccc4c(c3)oc3ccc(-n5c6ccccc6c6ccc7c8ccccc8oc7c65)cc34)n2)cc1.c1ccc(-c2nc(-c3ccccc3)nc(-c3ccc4c(c3)oc3ccc(-n5c6ccccc6c6ccc7c8ccccc8sc7c65)cc34)n2)cc1. The Bertz CT molecular complexity index is 6590. The van der Waals surface area contributed by atoms with Crippen LogP contribution in [-0.2, 0) is 0 Å². The number of para-hydroxylation sites is 3. The first kappa shape index (κ1) is 57.4. The maximum absolute atomic E-state index is 6.57. The van der Waals surface area contributed by atoms with Crippen LogP contribution in [0.3, 0.4) is 0 Å². The van der Waals surface area contributed by atoms with Crippen molar-refractivity contribution in [2.24, 2.45) is 0 Å². The van der Waals surface area contributed by atoms with Crippen LogP contribution < -0.4 is 0 Å². The number of furan rings is 3. The van der Waals surface area contributed by atoms with Crippen molar-refractivity contribution in [3.63, 3.8) is 0 Å². The molecule has 0 N–H and O–H groups in total. The molecule has 22 aromatic rings. The van der Waals surface area contributed by atoms with Crippen LogP contribution in [0.25, 0.3) is 209 Å². The summed E-state index contributed by atoms with van der Waals surface area (Å²) in [6.07, 6.45) is 0. The summed E-state index contributed by atoms with van der Waals surface area (Å²) in [6.45, 7) is 0. The third-order valence-electron chi connectivity index (χ3n) is 19.7. The van der Waals surface area contributed by atoms with Crippen molar-refractivity contribution in [1.29, 1.82) is 0 Å². The first-order chi connectivity index (χ1) is 50.5. The van der Waals surface area contributed by atoms with Gasteiger partial charge in [0.15, 0.2) is 40.5 Å². The lowest BCUT2D eigenvalue weighted by Gasteiger charge is -2.09. The Balaban J connectivity index is 0.000000133. The monoisotopic (exact) mass is 1320 g/mol. The highest BCUT2D eigenvalue weighted by Crippen LogP contribution is 2.46. The molecule has 14 aromatic carbocycles. The maximum atomic E-state index is 6.57. The molecular formula is C90H52N8O3S. The van der Waals surface area contributed by atoms with Gasteiger partial charge in [0.25, 0.3) is 0 Å². The summed E-state index contributed by atoms with van der Waals surface area (Å²) in [5, 5.41) is 13.8. The summed E-state index contributed by atoms with van der Waals surface area (Å²) >= 11 is 1.87. The third-order valence-corrected chi connectivity index (χ3v) is 20.9. The zero-order valence-corrected chi connectivity index (χ0v) is 55.0. The number of hydrogen-bond acceptors (Lipinski definition) is 10. The van der Waals surface area contributed by atoms with Crippen LogP contribution >= 0.6 is 11.3 Å². The summed E-state index contributed by atoms with van der Waals surface area (Å²) in [5.41, 5.74) is 17.2. The van der Waals surface area contributed by atoms with E-state index in [1.807, 2.05) is 151 Å². The molecule has 0 unspecified atom stereocenters. The van der Waals surface area contributed by atoms with Crippen LogP contribution in [0.2, 0.25) is 0 Å². The Hall–Kier alpha value is -13.7. The van der Waals surface area contributed by atoms with E-state index in [1.165, 1.54) is 47.4 Å². The van der Waals surface area contributed by atoms with E-state index in [0.717, 1.165) is 127 Å². The number of thiophene rings is 1. The van der Waals surface area contributed by atoms with Crippen molar-refractivity contribution >= 4 is 141 Å². The lowest BCUT2D eigenvalue weighted by atomic mass is 10.1. The lowest BCUT2D eigenvalue weighted by molar-refractivity contribution is 0.668. The standard InChI is InChI=1S/C45H26N4O2.C45H26N4OS/c1-3-11-27(12-4-1)43-46-44(28-13-5-2-6-14-28)48-45(47-43)29-19-21-33-36-26-30(20-24-39(36)50-40(33)25-29)49-37-17-9-7-15-31(37)34-22-23-35-32-16-8-10-18-38(32)51-42(35)41(34)49;1-3-11-27(12-4-1)43-46-44(28-13-5-2-6-14-28)48-45(47-43)29-19-21-32-36-26-30(20-24-38(36)50-39(32)25-29)49-37-17-9-7-15-31(37)34-22-23-35-33-16-8-10-18-40(33)51-42(35)41(34)49/h2*1-26H. The molecule has 0 aliphatic heterocycles. The van der Waals surface area contributed by atoms with Gasteiger partial charge >= 0.3 is 0 Å². The first-order valence-corrected chi connectivity index (χ1v) is 34.7. The highest BCUT2D eigenvalue weighted by atomic mass is 32.1. The Kier molecular flexibility index (Phi) is 12.9. The van der Waals surface area contributed by atoms with Crippen molar-refractivity contribution in [3.05, 3.63) is 315 Å². The smallest absolute Gasteiger partial charge is 0.164 e. The van der Waals surface area contributed by atoms with Gasteiger partial charge in [-0.15, -0.1) is 11.3 Å². The predicted octanol–water partition coefficient (Wildman–Crippen LogP) is 24.0. The molecule has 22 rings (SSSR count). The van der Waals surface area contributed by atoms with E-state index in [0.29, 0.717) is 34.9 Å². The average Bonchev–Trinajstić information content (AvgIpc) is 1.56. The van der Waals surface area contributed by atoms with E-state index in [1.54, 1.807) is 0 Å². The molecule has 0 radical (unpaired) electrons. The van der Waals surface area contributed by atoms with Crippen LogP contribution in [0.4, 0.5) is 0 Å². The molecule has 0 amide bonds. The molecule has 12 heteroatoms. The minimum Gasteiger partial charge on any atom is -0.456 e. The van der Waals surface area contributed by atoms with Crippen LogP contribution in [0.1, 0.15) is 0 Å². The zero-order chi connectivity index (χ0) is 66.9. The Morgan fingerprint density at radius 3 is 1.09 bits per heavy atom. The zero-order valence-electron chi connectivity index (χ0n) is 54.2. The topological polar surface area (TPSA) is 127 Å². The Morgan fingerprint density at radius 1 is 0.225 bits per heavy atom. The summed E-state index contributed by atoms with van der Waals surface area (Å²) in [6, 6.07) is 109. The Morgan fingerprint density at radius 2 is 0.588 bits per heavy atom. The molecule has 11 nitrogen and oxygen atoms in total. The molecule has 102 heavy (non-hydrogen) atoms. The Labute approximate surface area is 584 Å². The second kappa shape index (κ2) is 23.0.